The van der Waals surface area contributed by atoms with E-state index in [0.717, 1.165) is 21.7 Å². The molecule has 5 nitrogen and oxygen atoms in total. The van der Waals surface area contributed by atoms with Crippen molar-refractivity contribution in [3.8, 4) is 0 Å². The third-order valence-corrected chi connectivity index (χ3v) is 6.51. The summed E-state index contributed by atoms with van der Waals surface area (Å²) in [5.41, 5.74) is 2.20. The number of rotatable bonds is 6. The molecule has 0 spiro atoms. The van der Waals surface area contributed by atoms with Gasteiger partial charge in [-0.05, 0) is 36.6 Å². The lowest BCUT2D eigenvalue weighted by Crippen LogP contribution is -2.32. The van der Waals surface area contributed by atoms with Gasteiger partial charge in [-0.2, -0.15) is 4.31 Å². The first-order valence-electron chi connectivity index (χ1n) is 6.29. The number of hydrogen-bond acceptors (Lipinski definition) is 4. The Balaban J connectivity index is 3.21. The standard InChI is InChI=1S/C13H20ClNO4S2/c1-10-7-12(9-14)8-13(11(10)2)21(18,19)15(3)5-6-20(4,16)17/h7-8H,5-6,9H2,1-4H3. The van der Waals surface area contributed by atoms with Crippen LogP contribution < -0.4 is 0 Å². The Morgan fingerprint density at radius 2 is 1.71 bits per heavy atom. The molecule has 0 atom stereocenters. The van der Waals surface area contributed by atoms with Gasteiger partial charge < -0.3 is 0 Å². The molecule has 0 saturated heterocycles. The van der Waals surface area contributed by atoms with Crippen LogP contribution in [0.2, 0.25) is 0 Å². The Bertz CT molecular complexity index is 727. The molecule has 0 heterocycles. The van der Waals surface area contributed by atoms with Gasteiger partial charge in [-0.3, -0.25) is 0 Å². The average molecular weight is 354 g/mol. The summed E-state index contributed by atoms with van der Waals surface area (Å²) in [6.45, 7) is 3.47. The largest absolute Gasteiger partial charge is 0.243 e. The topological polar surface area (TPSA) is 71.5 Å². The highest BCUT2D eigenvalue weighted by Crippen LogP contribution is 2.24. The summed E-state index contributed by atoms with van der Waals surface area (Å²) in [7, 11) is -5.58. The Labute approximate surface area is 131 Å². The van der Waals surface area contributed by atoms with Crippen LogP contribution in [0.25, 0.3) is 0 Å². The maximum Gasteiger partial charge on any atom is 0.243 e. The van der Waals surface area contributed by atoms with Crippen LogP contribution in [0.1, 0.15) is 16.7 Å². The minimum atomic E-state index is -3.74. The molecule has 0 amide bonds. The molecule has 120 valence electrons. The van der Waals surface area contributed by atoms with Crippen LogP contribution in [0.3, 0.4) is 0 Å². The lowest BCUT2D eigenvalue weighted by atomic mass is 10.1. The van der Waals surface area contributed by atoms with Gasteiger partial charge in [-0.15, -0.1) is 11.6 Å². The van der Waals surface area contributed by atoms with Crippen molar-refractivity contribution < 1.29 is 16.8 Å². The molecule has 0 aliphatic rings. The molecular formula is C13H20ClNO4S2. The number of benzene rings is 1. The maximum atomic E-state index is 12.6. The van der Waals surface area contributed by atoms with E-state index < -0.39 is 19.9 Å². The van der Waals surface area contributed by atoms with Gasteiger partial charge in [0.2, 0.25) is 10.0 Å². The predicted octanol–water partition coefficient (Wildman–Crippen LogP) is 1.71. The van der Waals surface area contributed by atoms with E-state index in [1.165, 1.54) is 7.05 Å². The lowest BCUT2D eigenvalue weighted by molar-refractivity contribution is 0.484. The second-order valence-corrected chi connectivity index (χ2v) is 9.67. The van der Waals surface area contributed by atoms with Crippen molar-refractivity contribution in [3.05, 3.63) is 28.8 Å². The van der Waals surface area contributed by atoms with Crippen molar-refractivity contribution in [2.24, 2.45) is 0 Å². The van der Waals surface area contributed by atoms with Crippen molar-refractivity contribution in [2.45, 2.75) is 24.6 Å². The predicted molar refractivity (Wildman–Crippen MR) is 85.0 cm³/mol. The second-order valence-electron chi connectivity index (χ2n) is 5.13. The zero-order valence-electron chi connectivity index (χ0n) is 12.6. The fourth-order valence-electron chi connectivity index (χ4n) is 1.83. The number of halogens is 1. The normalized spacial score (nSPS) is 12.9. The third-order valence-electron chi connectivity index (χ3n) is 3.30. The van der Waals surface area contributed by atoms with Gasteiger partial charge in [0.1, 0.15) is 9.84 Å². The average Bonchev–Trinajstić information content (AvgIpc) is 2.37. The van der Waals surface area contributed by atoms with E-state index in [1.54, 1.807) is 13.0 Å². The zero-order valence-corrected chi connectivity index (χ0v) is 14.9. The van der Waals surface area contributed by atoms with Crippen LogP contribution >= 0.6 is 11.6 Å². The van der Waals surface area contributed by atoms with E-state index in [2.05, 4.69) is 0 Å². The first kappa shape index (κ1) is 18.4. The van der Waals surface area contributed by atoms with Crippen molar-refractivity contribution in [3.63, 3.8) is 0 Å². The van der Waals surface area contributed by atoms with Crippen molar-refractivity contribution in [1.29, 1.82) is 0 Å². The van der Waals surface area contributed by atoms with E-state index in [-0.39, 0.29) is 23.1 Å². The highest BCUT2D eigenvalue weighted by atomic mass is 35.5. The molecule has 1 rings (SSSR count). The van der Waals surface area contributed by atoms with Crippen LogP contribution in [0.5, 0.6) is 0 Å². The molecule has 21 heavy (non-hydrogen) atoms. The van der Waals surface area contributed by atoms with Crippen molar-refractivity contribution >= 4 is 31.5 Å². The van der Waals surface area contributed by atoms with Crippen LogP contribution in [0.4, 0.5) is 0 Å². The lowest BCUT2D eigenvalue weighted by Gasteiger charge is -2.19. The minimum absolute atomic E-state index is 0.0786. The molecule has 0 N–H and O–H groups in total. The first-order chi connectivity index (χ1) is 9.49. The Kier molecular flexibility index (Phi) is 5.83. The molecule has 0 fully saturated rings. The zero-order chi connectivity index (χ0) is 16.4. The molecule has 0 aromatic heterocycles. The Morgan fingerprint density at radius 3 is 2.19 bits per heavy atom. The molecule has 1 aromatic carbocycles. The summed E-state index contributed by atoms with van der Waals surface area (Å²) >= 11 is 5.79. The van der Waals surface area contributed by atoms with Gasteiger partial charge >= 0.3 is 0 Å². The summed E-state index contributed by atoms with van der Waals surface area (Å²) in [6.07, 6.45) is 1.08. The summed E-state index contributed by atoms with van der Waals surface area (Å²) in [6, 6.07) is 3.39. The smallest absolute Gasteiger partial charge is 0.229 e. The number of nitrogens with zero attached hydrogens (tertiary/aromatic N) is 1. The Morgan fingerprint density at radius 1 is 1.14 bits per heavy atom. The van der Waals surface area contributed by atoms with E-state index in [9.17, 15) is 16.8 Å². The first-order valence-corrected chi connectivity index (χ1v) is 10.3. The number of hydrogen-bond donors (Lipinski definition) is 0. The number of sulfonamides is 1. The van der Waals surface area contributed by atoms with Crippen LogP contribution in [-0.2, 0) is 25.7 Å². The van der Waals surface area contributed by atoms with Gasteiger partial charge in [0.15, 0.2) is 0 Å². The minimum Gasteiger partial charge on any atom is -0.229 e. The highest BCUT2D eigenvalue weighted by Gasteiger charge is 2.24. The van der Waals surface area contributed by atoms with E-state index in [0.29, 0.717) is 5.56 Å². The monoisotopic (exact) mass is 353 g/mol. The molecule has 0 aliphatic heterocycles. The summed E-state index contributed by atoms with van der Waals surface area (Å²) in [5, 5.41) is 0. The molecule has 0 unspecified atom stereocenters. The number of sulfone groups is 1. The maximum absolute atomic E-state index is 12.6. The SMILES string of the molecule is Cc1cc(CCl)cc(S(=O)(=O)N(C)CCS(C)(=O)=O)c1C. The molecule has 8 heteroatoms. The number of alkyl halides is 1. The van der Waals surface area contributed by atoms with Crippen LogP contribution in [0, 0.1) is 13.8 Å². The third kappa shape index (κ3) is 4.67. The van der Waals surface area contributed by atoms with Gasteiger partial charge in [0, 0.05) is 25.7 Å². The van der Waals surface area contributed by atoms with E-state index in [4.69, 9.17) is 11.6 Å². The van der Waals surface area contributed by atoms with Crippen LogP contribution in [-0.4, -0.2) is 46.7 Å². The highest BCUT2D eigenvalue weighted by molar-refractivity contribution is 7.91. The van der Waals surface area contributed by atoms with Crippen LogP contribution in [0.15, 0.2) is 17.0 Å². The fraction of sp³-hybridized carbons (Fsp3) is 0.538. The van der Waals surface area contributed by atoms with Gasteiger partial charge in [-0.25, -0.2) is 16.8 Å². The number of aryl methyl sites for hydroxylation is 1. The second kappa shape index (κ2) is 6.64. The van der Waals surface area contributed by atoms with Crippen molar-refractivity contribution in [2.75, 3.05) is 25.6 Å². The molecule has 0 radical (unpaired) electrons. The molecule has 0 aliphatic carbocycles. The molecular weight excluding hydrogens is 334 g/mol. The Hall–Kier alpha value is -0.630. The fourth-order valence-corrected chi connectivity index (χ4v) is 4.22. The van der Waals surface area contributed by atoms with Gasteiger partial charge in [-0.1, -0.05) is 6.07 Å². The van der Waals surface area contributed by atoms with Gasteiger partial charge in [0.05, 0.1) is 10.6 Å². The van der Waals surface area contributed by atoms with Crippen molar-refractivity contribution in [1.82, 2.24) is 4.31 Å². The quantitative estimate of drug-likeness (QED) is 0.730. The van der Waals surface area contributed by atoms with E-state index >= 15 is 0 Å². The molecule has 1 aromatic rings. The van der Waals surface area contributed by atoms with Gasteiger partial charge in [0.25, 0.3) is 0 Å². The summed E-state index contributed by atoms with van der Waals surface area (Å²) in [4.78, 5) is 0.175. The summed E-state index contributed by atoms with van der Waals surface area (Å²) in [5.74, 6) is 0.00660. The molecule has 0 saturated carbocycles. The van der Waals surface area contributed by atoms with E-state index in [1.807, 2.05) is 13.0 Å². The molecule has 0 bridgehead atoms. The summed E-state index contributed by atoms with van der Waals surface area (Å²) < 4.78 is 48.6.